The lowest BCUT2D eigenvalue weighted by Gasteiger charge is -2.35. The molecule has 0 radical (unpaired) electrons. The molecule has 5 nitrogen and oxygen atoms in total. The molecule has 0 aromatic heterocycles. The molecule has 0 aliphatic carbocycles. The number of benzene rings is 2. The van der Waals surface area contributed by atoms with Crippen molar-refractivity contribution in [3.05, 3.63) is 65.9 Å². The van der Waals surface area contributed by atoms with Crippen LogP contribution >= 0.6 is 11.9 Å². The van der Waals surface area contributed by atoms with E-state index in [-0.39, 0.29) is 0 Å². The van der Waals surface area contributed by atoms with Crippen LogP contribution in [0.15, 0.2) is 59.6 Å². The van der Waals surface area contributed by atoms with E-state index in [9.17, 15) is 4.79 Å². The number of carboxylic acids is 1. The molecule has 1 saturated heterocycles. The standard InChI is InChI=1S/C20H21N3O2S/c1-14-12-16-13-18(6-7-19(16)21-14)26-23-10-8-22(9-11-23)17-4-2-15(3-5-17)20(24)25/h2-7,13,21H,1,8-12H2,(H,24,25). The Bertz CT molecular complexity index is 843. The number of allylic oxidation sites excluding steroid dienone is 1. The Kier molecular flexibility index (Phi) is 4.61. The quantitative estimate of drug-likeness (QED) is 0.804. The van der Waals surface area contributed by atoms with Gasteiger partial charge in [-0.1, -0.05) is 6.58 Å². The first-order valence-corrected chi connectivity index (χ1v) is 9.45. The molecule has 2 N–H and O–H groups in total. The normalized spacial score (nSPS) is 17.1. The predicted octanol–water partition coefficient (Wildman–Crippen LogP) is 3.70. The second-order valence-corrected chi connectivity index (χ2v) is 7.75. The lowest BCUT2D eigenvalue weighted by atomic mass is 10.1. The van der Waals surface area contributed by atoms with E-state index < -0.39 is 5.97 Å². The van der Waals surface area contributed by atoms with Crippen molar-refractivity contribution in [3.63, 3.8) is 0 Å². The Morgan fingerprint density at radius 3 is 2.50 bits per heavy atom. The molecule has 134 valence electrons. The highest BCUT2D eigenvalue weighted by Crippen LogP contribution is 2.33. The lowest BCUT2D eigenvalue weighted by Crippen LogP contribution is -2.43. The van der Waals surface area contributed by atoms with Gasteiger partial charge in [-0.05, 0) is 60.0 Å². The maximum Gasteiger partial charge on any atom is 0.335 e. The number of nitrogens with zero attached hydrogens (tertiary/aromatic N) is 2. The third kappa shape index (κ3) is 3.57. The molecule has 2 aromatic rings. The monoisotopic (exact) mass is 367 g/mol. The van der Waals surface area contributed by atoms with E-state index in [0.29, 0.717) is 5.56 Å². The Labute approximate surface area is 157 Å². The maximum atomic E-state index is 11.0. The van der Waals surface area contributed by atoms with Gasteiger partial charge in [0.25, 0.3) is 0 Å². The first-order valence-electron chi connectivity index (χ1n) is 8.67. The summed E-state index contributed by atoms with van der Waals surface area (Å²) in [7, 11) is 0. The number of aromatic carboxylic acids is 1. The molecule has 2 aromatic carbocycles. The van der Waals surface area contributed by atoms with Gasteiger partial charge >= 0.3 is 5.97 Å². The number of rotatable bonds is 4. The van der Waals surface area contributed by atoms with E-state index >= 15 is 0 Å². The van der Waals surface area contributed by atoms with Gasteiger partial charge in [0.1, 0.15) is 0 Å². The van der Waals surface area contributed by atoms with Crippen LogP contribution in [0.25, 0.3) is 0 Å². The third-order valence-corrected chi connectivity index (χ3v) is 5.83. The number of anilines is 2. The Morgan fingerprint density at radius 1 is 1.08 bits per heavy atom. The van der Waals surface area contributed by atoms with Crippen molar-refractivity contribution in [1.29, 1.82) is 0 Å². The summed E-state index contributed by atoms with van der Waals surface area (Å²) in [6.07, 6.45) is 0.907. The smallest absolute Gasteiger partial charge is 0.335 e. The van der Waals surface area contributed by atoms with Crippen molar-refractivity contribution >= 4 is 29.3 Å². The zero-order valence-electron chi connectivity index (χ0n) is 14.4. The molecule has 1 fully saturated rings. The van der Waals surface area contributed by atoms with Crippen LogP contribution in [0, 0.1) is 0 Å². The van der Waals surface area contributed by atoms with Crippen molar-refractivity contribution in [2.24, 2.45) is 0 Å². The molecule has 0 spiro atoms. The van der Waals surface area contributed by atoms with Gasteiger partial charge in [0.2, 0.25) is 0 Å². The topological polar surface area (TPSA) is 55.8 Å². The van der Waals surface area contributed by atoms with Gasteiger partial charge in [-0.15, -0.1) is 0 Å². The van der Waals surface area contributed by atoms with E-state index in [2.05, 4.69) is 39.3 Å². The Balaban J connectivity index is 1.34. The Hall–Kier alpha value is -2.44. The lowest BCUT2D eigenvalue weighted by molar-refractivity contribution is 0.0697. The molecular weight excluding hydrogens is 346 g/mol. The van der Waals surface area contributed by atoms with Gasteiger partial charge in [-0.2, -0.15) is 0 Å². The molecule has 0 bridgehead atoms. The average Bonchev–Trinajstić information content (AvgIpc) is 3.02. The Morgan fingerprint density at radius 2 is 1.81 bits per heavy atom. The molecule has 0 atom stereocenters. The largest absolute Gasteiger partial charge is 0.478 e. The van der Waals surface area contributed by atoms with Gasteiger partial charge in [0, 0.05) is 54.6 Å². The third-order valence-electron chi connectivity index (χ3n) is 4.74. The molecule has 0 saturated carbocycles. The summed E-state index contributed by atoms with van der Waals surface area (Å²) in [5.41, 5.74) is 4.97. The highest BCUT2D eigenvalue weighted by molar-refractivity contribution is 7.97. The van der Waals surface area contributed by atoms with Crippen molar-refractivity contribution in [1.82, 2.24) is 4.31 Å². The fourth-order valence-corrected chi connectivity index (χ4v) is 4.33. The van der Waals surface area contributed by atoms with Crippen LogP contribution in [-0.2, 0) is 6.42 Å². The average molecular weight is 367 g/mol. The maximum absolute atomic E-state index is 11.0. The van der Waals surface area contributed by atoms with Gasteiger partial charge in [0.15, 0.2) is 0 Å². The van der Waals surface area contributed by atoms with Crippen molar-refractivity contribution < 1.29 is 9.90 Å². The van der Waals surface area contributed by atoms with Crippen LogP contribution in [-0.4, -0.2) is 41.6 Å². The molecule has 4 rings (SSSR count). The summed E-state index contributed by atoms with van der Waals surface area (Å²) in [4.78, 5) is 14.5. The minimum Gasteiger partial charge on any atom is -0.478 e. The minimum absolute atomic E-state index is 0.330. The number of piperazine rings is 1. The zero-order valence-corrected chi connectivity index (χ0v) is 15.3. The fraction of sp³-hybridized carbons (Fsp3) is 0.250. The summed E-state index contributed by atoms with van der Waals surface area (Å²) >= 11 is 1.81. The summed E-state index contributed by atoms with van der Waals surface area (Å²) < 4.78 is 2.39. The van der Waals surface area contributed by atoms with Crippen LogP contribution < -0.4 is 10.2 Å². The van der Waals surface area contributed by atoms with Crippen molar-refractivity contribution in [3.8, 4) is 0 Å². The predicted molar refractivity (Wildman–Crippen MR) is 106 cm³/mol. The van der Waals surface area contributed by atoms with Crippen LogP contribution in [0.4, 0.5) is 11.4 Å². The highest BCUT2D eigenvalue weighted by Gasteiger charge is 2.20. The summed E-state index contributed by atoms with van der Waals surface area (Å²) in [6.45, 7) is 7.80. The van der Waals surface area contributed by atoms with E-state index in [0.717, 1.165) is 44.0 Å². The molecule has 26 heavy (non-hydrogen) atoms. The molecule has 2 heterocycles. The number of nitrogens with one attached hydrogen (secondary N) is 1. The number of hydrogen-bond acceptors (Lipinski definition) is 5. The number of hydrogen-bond donors (Lipinski definition) is 2. The number of fused-ring (bicyclic) bond motifs is 1. The van der Waals surface area contributed by atoms with E-state index in [1.807, 2.05) is 12.1 Å². The number of carboxylic acid groups (broad SMARTS) is 1. The van der Waals surface area contributed by atoms with Crippen LogP contribution in [0.3, 0.4) is 0 Å². The molecule has 0 amide bonds. The molecule has 0 unspecified atom stereocenters. The second-order valence-electron chi connectivity index (χ2n) is 6.58. The molecule has 2 aliphatic heterocycles. The first kappa shape index (κ1) is 17.0. The van der Waals surface area contributed by atoms with Crippen molar-refractivity contribution in [2.75, 3.05) is 36.4 Å². The summed E-state index contributed by atoms with van der Waals surface area (Å²) in [5.74, 6) is -0.883. The minimum atomic E-state index is -0.883. The second kappa shape index (κ2) is 7.05. The number of carbonyl (C=O) groups is 1. The van der Waals surface area contributed by atoms with Gasteiger partial charge in [0.05, 0.1) is 5.56 Å². The van der Waals surface area contributed by atoms with Gasteiger partial charge < -0.3 is 15.3 Å². The van der Waals surface area contributed by atoms with Crippen LogP contribution in [0.2, 0.25) is 0 Å². The summed E-state index contributed by atoms with van der Waals surface area (Å²) in [6, 6.07) is 13.7. The van der Waals surface area contributed by atoms with Gasteiger partial charge in [-0.25, -0.2) is 9.10 Å². The van der Waals surface area contributed by atoms with Crippen LogP contribution in [0.1, 0.15) is 15.9 Å². The van der Waals surface area contributed by atoms with E-state index in [1.165, 1.54) is 16.1 Å². The molecule has 6 heteroatoms. The van der Waals surface area contributed by atoms with Crippen molar-refractivity contribution in [2.45, 2.75) is 11.3 Å². The summed E-state index contributed by atoms with van der Waals surface area (Å²) in [5, 5.41) is 12.3. The van der Waals surface area contributed by atoms with E-state index in [4.69, 9.17) is 5.11 Å². The van der Waals surface area contributed by atoms with Gasteiger partial charge in [-0.3, -0.25) is 0 Å². The first-order chi connectivity index (χ1) is 12.6. The molecule has 2 aliphatic rings. The molecular formula is C20H21N3O2S. The highest BCUT2D eigenvalue weighted by atomic mass is 32.2. The van der Waals surface area contributed by atoms with E-state index in [1.54, 1.807) is 24.1 Å². The fourth-order valence-electron chi connectivity index (χ4n) is 3.36. The van der Waals surface area contributed by atoms with Crippen LogP contribution in [0.5, 0.6) is 0 Å². The SMILES string of the molecule is C=C1Cc2cc(SN3CCN(c4ccc(C(=O)O)cc4)CC3)ccc2N1. The zero-order chi connectivity index (χ0) is 18.1.